The van der Waals surface area contributed by atoms with Gasteiger partial charge in [0.15, 0.2) is 0 Å². The number of anilines is 2. The van der Waals surface area contributed by atoms with Gasteiger partial charge in [0.25, 0.3) is 0 Å². The molecule has 0 atom stereocenters. The summed E-state index contributed by atoms with van der Waals surface area (Å²) >= 11 is 4.77. The van der Waals surface area contributed by atoms with Crippen molar-refractivity contribution < 1.29 is 4.79 Å². The van der Waals surface area contributed by atoms with Crippen LogP contribution in [0.4, 0.5) is 11.4 Å². The standard InChI is InChI=1S/C14H14BrN3OS/c1-9-4-5-12(11(16)7-9)18-13(19)8-20-14-10(15)3-2-6-17-14/h2-7H,8,16H2,1H3,(H,18,19). The van der Waals surface area contributed by atoms with Gasteiger partial charge < -0.3 is 11.1 Å². The van der Waals surface area contributed by atoms with Gasteiger partial charge in [0.05, 0.1) is 17.1 Å². The van der Waals surface area contributed by atoms with Crippen LogP contribution in [0.1, 0.15) is 5.56 Å². The number of nitrogen functional groups attached to an aromatic ring is 1. The van der Waals surface area contributed by atoms with Crippen molar-refractivity contribution in [2.75, 3.05) is 16.8 Å². The Labute approximate surface area is 130 Å². The summed E-state index contributed by atoms with van der Waals surface area (Å²) in [7, 11) is 0. The molecule has 0 spiro atoms. The average molecular weight is 352 g/mol. The van der Waals surface area contributed by atoms with Crippen molar-refractivity contribution in [2.24, 2.45) is 0 Å². The van der Waals surface area contributed by atoms with Crippen molar-refractivity contribution in [3.05, 3.63) is 46.6 Å². The summed E-state index contributed by atoms with van der Waals surface area (Å²) < 4.78 is 0.882. The Morgan fingerprint density at radius 2 is 2.25 bits per heavy atom. The second-order valence-corrected chi connectivity index (χ2v) is 6.04. The lowest BCUT2D eigenvalue weighted by Crippen LogP contribution is -2.15. The van der Waals surface area contributed by atoms with Crippen LogP contribution in [-0.2, 0) is 4.79 Å². The highest BCUT2D eigenvalue weighted by Crippen LogP contribution is 2.25. The van der Waals surface area contributed by atoms with Crippen molar-refractivity contribution in [2.45, 2.75) is 11.9 Å². The number of nitrogens with two attached hydrogens (primary N) is 1. The van der Waals surface area contributed by atoms with Crippen LogP contribution < -0.4 is 11.1 Å². The van der Waals surface area contributed by atoms with Gasteiger partial charge in [0.2, 0.25) is 5.91 Å². The highest BCUT2D eigenvalue weighted by atomic mass is 79.9. The van der Waals surface area contributed by atoms with E-state index >= 15 is 0 Å². The van der Waals surface area contributed by atoms with Crippen LogP contribution in [0, 0.1) is 6.92 Å². The Balaban J connectivity index is 1.94. The zero-order chi connectivity index (χ0) is 14.5. The molecule has 1 aromatic carbocycles. The van der Waals surface area contributed by atoms with Gasteiger partial charge in [-0.2, -0.15) is 0 Å². The third-order valence-corrected chi connectivity index (χ3v) is 4.45. The first-order chi connectivity index (χ1) is 9.56. The topological polar surface area (TPSA) is 68.0 Å². The van der Waals surface area contributed by atoms with Crippen LogP contribution in [0.3, 0.4) is 0 Å². The van der Waals surface area contributed by atoms with Gasteiger partial charge in [-0.15, -0.1) is 0 Å². The van der Waals surface area contributed by atoms with Crippen molar-refractivity contribution in [3.8, 4) is 0 Å². The van der Waals surface area contributed by atoms with Crippen LogP contribution in [0.2, 0.25) is 0 Å². The number of benzene rings is 1. The Bertz CT molecular complexity index is 634. The number of carbonyl (C=O) groups excluding carboxylic acids is 1. The minimum absolute atomic E-state index is 0.108. The minimum atomic E-state index is -0.108. The lowest BCUT2D eigenvalue weighted by molar-refractivity contribution is -0.113. The number of aryl methyl sites for hydroxylation is 1. The lowest BCUT2D eigenvalue weighted by Gasteiger charge is -2.09. The molecular weight excluding hydrogens is 338 g/mol. The van der Waals surface area contributed by atoms with E-state index in [2.05, 4.69) is 26.2 Å². The molecular formula is C14H14BrN3OS. The van der Waals surface area contributed by atoms with Gasteiger partial charge in [-0.3, -0.25) is 4.79 Å². The van der Waals surface area contributed by atoms with Gasteiger partial charge >= 0.3 is 0 Å². The molecule has 0 fully saturated rings. The predicted molar refractivity (Wildman–Crippen MR) is 86.9 cm³/mol. The zero-order valence-corrected chi connectivity index (χ0v) is 13.3. The minimum Gasteiger partial charge on any atom is -0.397 e. The van der Waals surface area contributed by atoms with Gasteiger partial charge in [-0.25, -0.2) is 4.98 Å². The second-order valence-electron chi connectivity index (χ2n) is 4.22. The van der Waals surface area contributed by atoms with E-state index < -0.39 is 0 Å². The largest absolute Gasteiger partial charge is 0.397 e. The second kappa shape index (κ2) is 6.76. The Morgan fingerprint density at radius 1 is 1.45 bits per heavy atom. The van der Waals surface area contributed by atoms with E-state index in [1.807, 2.05) is 37.3 Å². The molecule has 0 bridgehead atoms. The lowest BCUT2D eigenvalue weighted by atomic mass is 10.2. The van der Waals surface area contributed by atoms with E-state index in [4.69, 9.17) is 5.73 Å². The van der Waals surface area contributed by atoms with E-state index in [9.17, 15) is 4.79 Å². The Kier molecular flexibility index (Phi) is 5.03. The molecule has 0 saturated carbocycles. The first-order valence-electron chi connectivity index (χ1n) is 5.95. The molecule has 2 aromatic rings. The van der Waals surface area contributed by atoms with Gasteiger partial charge in [0, 0.05) is 10.7 Å². The van der Waals surface area contributed by atoms with E-state index in [0.717, 1.165) is 15.1 Å². The predicted octanol–water partition coefficient (Wildman–Crippen LogP) is 3.47. The molecule has 20 heavy (non-hydrogen) atoms. The van der Waals surface area contributed by atoms with Gasteiger partial charge in [-0.1, -0.05) is 17.8 Å². The highest BCUT2D eigenvalue weighted by molar-refractivity contribution is 9.10. The maximum Gasteiger partial charge on any atom is 0.234 e. The summed E-state index contributed by atoms with van der Waals surface area (Å²) in [4.78, 5) is 16.1. The van der Waals surface area contributed by atoms with Crippen molar-refractivity contribution in [1.82, 2.24) is 4.98 Å². The van der Waals surface area contributed by atoms with Crippen molar-refractivity contribution in [1.29, 1.82) is 0 Å². The molecule has 0 radical (unpaired) electrons. The molecule has 1 aromatic heterocycles. The van der Waals surface area contributed by atoms with Crippen molar-refractivity contribution >= 4 is 45.0 Å². The van der Waals surface area contributed by atoms with Crippen LogP contribution in [0.5, 0.6) is 0 Å². The average Bonchev–Trinajstić information content (AvgIpc) is 2.41. The summed E-state index contributed by atoms with van der Waals surface area (Å²) in [5.74, 6) is 0.172. The molecule has 0 aliphatic carbocycles. The molecule has 1 heterocycles. The fourth-order valence-electron chi connectivity index (χ4n) is 1.59. The fourth-order valence-corrected chi connectivity index (χ4v) is 2.87. The Hall–Kier alpha value is -1.53. The maximum atomic E-state index is 11.9. The van der Waals surface area contributed by atoms with E-state index in [0.29, 0.717) is 11.4 Å². The zero-order valence-electron chi connectivity index (χ0n) is 10.9. The van der Waals surface area contributed by atoms with E-state index in [-0.39, 0.29) is 11.7 Å². The number of nitrogens with one attached hydrogen (secondary N) is 1. The number of rotatable bonds is 4. The normalized spacial score (nSPS) is 10.3. The summed E-state index contributed by atoms with van der Waals surface area (Å²) in [5, 5.41) is 3.59. The number of pyridine rings is 1. The van der Waals surface area contributed by atoms with Crippen LogP contribution in [0.25, 0.3) is 0 Å². The van der Waals surface area contributed by atoms with Crippen LogP contribution in [-0.4, -0.2) is 16.6 Å². The molecule has 2 rings (SSSR count). The molecule has 4 nitrogen and oxygen atoms in total. The number of hydrogen-bond donors (Lipinski definition) is 2. The molecule has 3 N–H and O–H groups in total. The summed E-state index contributed by atoms with van der Waals surface area (Å²) in [6.45, 7) is 1.95. The monoisotopic (exact) mass is 351 g/mol. The molecule has 0 aliphatic rings. The number of aromatic nitrogens is 1. The molecule has 104 valence electrons. The maximum absolute atomic E-state index is 11.9. The summed E-state index contributed by atoms with van der Waals surface area (Å²) in [6.07, 6.45) is 1.70. The Morgan fingerprint density at radius 3 is 2.95 bits per heavy atom. The van der Waals surface area contributed by atoms with Crippen LogP contribution >= 0.6 is 27.7 Å². The molecule has 0 saturated heterocycles. The van der Waals surface area contributed by atoms with E-state index in [1.165, 1.54) is 11.8 Å². The van der Waals surface area contributed by atoms with Crippen molar-refractivity contribution in [3.63, 3.8) is 0 Å². The highest BCUT2D eigenvalue weighted by Gasteiger charge is 2.08. The number of halogens is 1. The van der Waals surface area contributed by atoms with Crippen LogP contribution in [0.15, 0.2) is 46.0 Å². The number of thioether (sulfide) groups is 1. The summed E-state index contributed by atoms with van der Waals surface area (Å²) in [5.41, 5.74) is 8.13. The fraction of sp³-hybridized carbons (Fsp3) is 0.143. The molecule has 0 aliphatic heterocycles. The molecule has 6 heteroatoms. The third kappa shape index (κ3) is 3.98. The smallest absolute Gasteiger partial charge is 0.234 e. The SMILES string of the molecule is Cc1ccc(NC(=O)CSc2ncccc2Br)c(N)c1. The first kappa shape index (κ1) is 14.9. The quantitative estimate of drug-likeness (QED) is 0.653. The molecule has 1 amide bonds. The third-order valence-electron chi connectivity index (χ3n) is 2.55. The van der Waals surface area contributed by atoms with Gasteiger partial charge in [0.1, 0.15) is 5.03 Å². The number of hydrogen-bond acceptors (Lipinski definition) is 4. The van der Waals surface area contributed by atoms with E-state index in [1.54, 1.807) is 6.20 Å². The number of carbonyl (C=O) groups is 1. The summed E-state index contributed by atoms with van der Waals surface area (Å²) in [6, 6.07) is 9.28. The molecule has 0 unspecified atom stereocenters. The number of nitrogens with zero attached hydrogens (tertiary/aromatic N) is 1. The number of amides is 1. The van der Waals surface area contributed by atoms with Gasteiger partial charge in [-0.05, 0) is 52.7 Å². The first-order valence-corrected chi connectivity index (χ1v) is 7.73.